The number of nitrogens with one attached hydrogen (secondary N) is 2. The van der Waals surface area contributed by atoms with Gasteiger partial charge in [0.1, 0.15) is 17.5 Å². The molecule has 166 valence electrons. The molecule has 1 atom stereocenters. The SMILES string of the molecule is C=NNC(N)=Nc1cn(-c2ccnc(N[C@@H](C)c3ccccc3)n2)c(-c2ccc(F)cc2)n1. The molecule has 0 aliphatic carbocycles. The van der Waals surface area contributed by atoms with Gasteiger partial charge in [0, 0.05) is 18.5 Å². The number of imidazole rings is 1. The summed E-state index contributed by atoms with van der Waals surface area (Å²) in [5.74, 6) is 1.51. The Morgan fingerprint density at radius 3 is 2.58 bits per heavy atom. The van der Waals surface area contributed by atoms with Crippen molar-refractivity contribution in [1.82, 2.24) is 24.9 Å². The molecule has 0 spiro atoms. The largest absolute Gasteiger partial charge is 0.368 e. The van der Waals surface area contributed by atoms with Crippen LogP contribution in [0.5, 0.6) is 0 Å². The van der Waals surface area contributed by atoms with Crippen LogP contribution in [0.3, 0.4) is 0 Å². The van der Waals surface area contributed by atoms with Crippen molar-refractivity contribution in [3.8, 4) is 17.2 Å². The van der Waals surface area contributed by atoms with Crippen LogP contribution in [-0.2, 0) is 0 Å². The number of guanidine groups is 1. The van der Waals surface area contributed by atoms with Crippen molar-refractivity contribution in [2.24, 2.45) is 15.8 Å². The zero-order valence-corrected chi connectivity index (χ0v) is 17.9. The number of hydrazone groups is 1. The van der Waals surface area contributed by atoms with E-state index in [1.165, 1.54) is 12.1 Å². The molecule has 0 fully saturated rings. The predicted molar refractivity (Wildman–Crippen MR) is 127 cm³/mol. The van der Waals surface area contributed by atoms with E-state index in [0.29, 0.717) is 29.0 Å². The second-order valence-corrected chi connectivity index (χ2v) is 7.08. The number of hydrogen-bond acceptors (Lipinski definition) is 6. The third-order valence-electron chi connectivity index (χ3n) is 4.76. The quantitative estimate of drug-likeness (QED) is 0.227. The fourth-order valence-electron chi connectivity index (χ4n) is 3.20. The van der Waals surface area contributed by atoms with E-state index in [1.54, 1.807) is 35.2 Å². The second kappa shape index (κ2) is 9.69. The summed E-state index contributed by atoms with van der Waals surface area (Å²) in [5, 5.41) is 6.80. The number of halogens is 1. The van der Waals surface area contributed by atoms with Crippen LogP contribution >= 0.6 is 0 Å². The van der Waals surface area contributed by atoms with E-state index in [1.807, 2.05) is 37.3 Å². The lowest BCUT2D eigenvalue weighted by Gasteiger charge is -2.15. The molecule has 2 heterocycles. The van der Waals surface area contributed by atoms with E-state index in [9.17, 15) is 4.39 Å². The number of aliphatic imine (C=N–C) groups is 1. The Bertz CT molecular complexity index is 1270. The maximum Gasteiger partial charge on any atom is 0.225 e. The summed E-state index contributed by atoms with van der Waals surface area (Å²) >= 11 is 0. The molecule has 0 amide bonds. The van der Waals surface area contributed by atoms with Crippen LogP contribution in [0.4, 0.5) is 16.2 Å². The summed E-state index contributed by atoms with van der Waals surface area (Å²) in [5.41, 5.74) is 10.0. The molecule has 0 saturated heterocycles. The number of rotatable bonds is 7. The topological polar surface area (TPSA) is 118 Å². The van der Waals surface area contributed by atoms with Gasteiger partial charge in [-0.2, -0.15) is 15.1 Å². The van der Waals surface area contributed by atoms with Crippen molar-refractivity contribution in [3.05, 3.63) is 84.4 Å². The van der Waals surface area contributed by atoms with Crippen molar-refractivity contribution in [2.45, 2.75) is 13.0 Å². The fourth-order valence-corrected chi connectivity index (χ4v) is 3.20. The Hall–Kier alpha value is -4.60. The Morgan fingerprint density at radius 2 is 1.85 bits per heavy atom. The van der Waals surface area contributed by atoms with Gasteiger partial charge in [-0.05, 0) is 42.8 Å². The molecule has 10 heteroatoms. The van der Waals surface area contributed by atoms with Crippen LogP contribution in [0.1, 0.15) is 18.5 Å². The number of anilines is 1. The lowest BCUT2D eigenvalue weighted by molar-refractivity contribution is 0.628. The van der Waals surface area contributed by atoms with E-state index >= 15 is 0 Å². The highest BCUT2D eigenvalue weighted by molar-refractivity contribution is 5.80. The number of benzene rings is 2. The maximum atomic E-state index is 13.5. The standard InChI is InChI=1S/C23H22FN9/c1-15(16-6-4-3-5-7-16)28-23-27-13-12-20(31-23)33-14-19(30-22(25)32-26-2)29-21(33)17-8-10-18(24)11-9-17/h3-15H,2H2,1H3,(H3,25,30,32)(H,27,28,31)/t15-/m0/s1. The summed E-state index contributed by atoms with van der Waals surface area (Å²) in [6.07, 6.45) is 3.32. The fraction of sp³-hybridized carbons (Fsp3) is 0.0870. The van der Waals surface area contributed by atoms with Crippen molar-refractivity contribution in [3.63, 3.8) is 0 Å². The molecule has 0 bridgehead atoms. The van der Waals surface area contributed by atoms with Crippen LogP contribution in [0.15, 0.2) is 83.2 Å². The highest BCUT2D eigenvalue weighted by Gasteiger charge is 2.15. The van der Waals surface area contributed by atoms with Gasteiger partial charge in [0.2, 0.25) is 11.9 Å². The first kappa shape index (κ1) is 21.6. The van der Waals surface area contributed by atoms with Crippen molar-refractivity contribution >= 4 is 24.4 Å². The molecule has 0 saturated carbocycles. The molecule has 2 aromatic carbocycles. The molecular weight excluding hydrogens is 421 g/mol. The van der Waals surface area contributed by atoms with Crippen LogP contribution in [0.25, 0.3) is 17.2 Å². The first-order valence-corrected chi connectivity index (χ1v) is 10.1. The third kappa shape index (κ3) is 5.18. The number of nitrogens with zero attached hydrogens (tertiary/aromatic N) is 6. The average Bonchev–Trinajstić information content (AvgIpc) is 3.24. The second-order valence-electron chi connectivity index (χ2n) is 7.08. The Labute approximate surface area is 190 Å². The average molecular weight is 443 g/mol. The molecule has 2 aromatic heterocycles. The van der Waals surface area contributed by atoms with Gasteiger partial charge in [0.05, 0.1) is 12.2 Å². The van der Waals surface area contributed by atoms with Gasteiger partial charge >= 0.3 is 0 Å². The smallest absolute Gasteiger partial charge is 0.225 e. The summed E-state index contributed by atoms with van der Waals surface area (Å²) in [6.45, 7) is 5.35. The molecular formula is C23H22FN9. The number of nitrogens with two attached hydrogens (primary N) is 1. The third-order valence-corrected chi connectivity index (χ3v) is 4.76. The molecule has 0 aliphatic rings. The number of hydrogen-bond donors (Lipinski definition) is 3. The van der Waals surface area contributed by atoms with E-state index in [-0.39, 0.29) is 17.8 Å². The van der Waals surface area contributed by atoms with Gasteiger partial charge in [-0.1, -0.05) is 30.3 Å². The van der Waals surface area contributed by atoms with Crippen LogP contribution in [0, 0.1) is 5.82 Å². The summed E-state index contributed by atoms with van der Waals surface area (Å²) in [4.78, 5) is 17.7. The highest BCUT2D eigenvalue weighted by Crippen LogP contribution is 2.26. The van der Waals surface area contributed by atoms with Gasteiger partial charge in [-0.15, -0.1) is 0 Å². The molecule has 0 aliphatic heterocycles. The molecule has 4 N–H and O–H groups in total. The molecule has 9 nitrogen and oxygen atoms in total. The summed E-state index contributed by atoms with van der Waals surface area (Å²) < 4.78 is 15.2. The van der Waals surface area contributed by atoms with E-state index in [4.69, 9.17) is 5.73 Å². The maximum absolute atomic E-state index is 13.5. The molecule has 0 unspecified atom stereocenters. The van der Waals surface area contributed by atoms with Gasteiger partial charge < -0.3 is 11.1 Å². The van der Waals surface area contributed by atoms with E-state index in [0.717, 1.165) is 5.56 Å². The van der Waals surface area contributed by atoms with Crippen LogP contribution in [-0.4, -0.2) is 32.2 Å². The monoisotopic (exact) mass is 443 g/mol. The van der Waals surface area contributed by atoms with Crippen molar-refractivity contribution in [1.29, 1.82) is 0 Å². The van der Waals surface area contributed by atoms with Gasteiger partial charge in [0.15, 0.2) is 5.82 Å². The zero-order valence-electron chi connectivity index (χ0n) is 17.9. The Balaban J connectivity index is 1.72. The highest BCUT2D eigenvalue weighted by atomic mass is 19.1. The molecule has 4 aromatic rings. The minimum Gasteiger partial charge on any atom is -0.368 e. The lowest BCUT2D eigenvalue weighted by atomic mass is 10.1. The minimum atomic E-state index is -0.343. The van der Waals surface area contributed by atoms with E-state index < -0.39 is 0 Å². The zero-order chi connectivity index (χ0) is 23.2. The lowest BCUT2D eigenvalue weighted by Crippen LogP contribution is -2.26. The first-order chi connectivity index (χ1) is 16.0. The van der Waals surface area contributed by atoms with Gasteiger partial charge in [0.25, 0.3) is 0 Å². The van der Waals surface area contributed by atoms with Crippen LogP contribution in [0.2, 0.25) is 0 Å². The summed E-state index contributed by atoms with van der Waals surface area (Å²) in [6, 6.07) is 17.7. The molecule has 33 heavy (non-hydrogen) atoms. The van der Waals surface area contributed by atoms with E-state index in [2.05, 4.69) is 42.5 Å². The van der Waals surface area contributed by atoms with Crippen molar-refractivity contribution in [2.75, 3.05) is 5.32 Å². The predicted octanol–water partition coefficient (Wildman–Crippen LogP) is 3.79. The summed E-state index contributed by atoms with van der Waals surface area (Å²) in [7, 11) is 0. The first-order valence-electron chi connectivity index (χ1n) is 10.1. The Morgan fingerprint density at radius 1 is 1.09 bits per heavy atom. The molecule has 4 rings (SSSR count). The van der Waals surface area contributed by atoms with Gasteiger partial charge in [-0.25, -0.2) is 19.8 Å². The Kier molecular flexibility index (Phi) is 6.35. The number of aromatic nitrogens is 4. The molecule has 0 radical (unpaired) electrons. The normalized spacial score (nSPS) is 12.2. The minimum absolute atomic E-state index is 0.00163. The van der Waals surface area contributed by atoms with Crippen molar-refractivity contribution < 1.29 is 4.39 Å². The van der Waals surface area contributed by atoms with Crippen LogP contribution < -0.4 is 16.5 Å². The van der Waals surface area contributed by atoms with Gasteiger partial charge in [-0.3, -0.25) is 4.57 Å².